The number of hydrogen-bond acceptors (Lipinski definition) is 2. The Hall–Kier alpha value is -0.0800. The molecule has 0 aromatic rings. The van der Waals surface area contributed by atoms with Crippen molar-refractivity contribution < 1.29 is 0 Å². The van der Waals surface area contributed by atoms with Gasteiger partial charge >= 0.3 is 0 Å². The molecule has 1 saturated carbocycles. The Morgan fingerprint density at radius 2 is 1.89 bits per heavy atom. The van der Waals surface area contributed by atoms with E-state index in [1.54, 1.807) is 0 Å². The lowest BCUT2D eigenvalue weighted by molar-refractivity contribution is 0.0823. The SMILES string of the molecule is CCCC1CCCC(CN)(N(CC)CCC)CC1. The Bertz CT molecular complexity index is 217. The van der Waals surface area contributed by atoms with E-state index < -0.39 is 0 Å². The Kier molecular flexibility index (Phi) is 7.25. The van der Waals surface area contributed by atoms with Crippen LogP contribution >= 0.6 is 0 Å². The second-order valence-electron chi connectivity index (χ2n) is 6.09. The van der Waals surface area contributed by atoms with E-state index in [4.69, 9.17) is 5.73 Å². The van der Waals surface area contributed by atoms with E-state index in [2.05, 4.69) is 25.7 Å². The Morgan fingerprint density at radius 1 is 1.11 bits per heavy atom. The van der Waals surface area contributed by atoms with Crippen LogP contribution in [0.4, 0.5) is 0 Å². The van der Waals surface area contributed by atoms with Crippen molar-refractivity contribution in [3.05, 3.63) is 0 Å². The first-order chi connectivity index (χ1) is 8.72. The first-order valence-corrected chi connectivity index (χ1v) is 8.17. The van der Waals surface area contributed by atoms with Gasteiger partial charge in [-0.3, -0.25) is 4.90 Å². The van der Waals surface area contributed by atoms with Crippen molar-refractivity contribution in [3.63, 3.8) is 0 Å². The Morgan fingerprint density at radius 3 is 2.44 bits per heavy atom. The number of rotatable bonds is 7. The molecular weight excluding hydrogens is 220 g/mol. The summed E-state index contributed by atoms with van der Waals surface area (Å²) in [5.74, 6) is 0.962. The molecule has 108 valence electrons. The first-order valence-electron chi connectivity index (χ1n) is 8.17. The molecular formula is C16H34N2. The summed E-state index contributed by atoms with van der Waals surface area (Å²) in [4.78, 5) is 2.67. The van der Waals surface area contributed by atoms with Crippen LogP contribution in [0.3, 0.4) is 0 Å². The van der Waals surface area contributed by atoms with Gasteiger partial charge in [-0.05, 0) is 44.7 Å². The number of nitrogens with zero attached hydrogens (tertiary/aromatic N) is 1. The number of hydrogen-bond donors (Lipinski definition) is 1. The maximum absolute atomic E-state index is 6.19. The molecule has 0 radical (unpaired) electrons. The monoisotopic (exact) mass is 254 g/mol. The Labute approximate surface area is 114 Å². The maximum atomic E-state index is 6.19. The zero-order valence-corrected chi connectivity index (χ0v) is 12.9. The number of likely N-dealkylation sites (N-methyl/N-ethyl adjacent to an activating group) is 1. The predicted octanol–water partition coefficient (Wildman–Crippen LogP) is 3.80. The van der Waals surface area contributed by atoms with E-state index >= 15 is 0 Å². The van der Waals surface area contributed by atoms with Gasteiger partial charge in [-0.25, -0.2) is 0 Å². The van der Waals surface area contributed by atoms with Gasteiger partial charge in [0.05, 0.1) is 0 Å². The Balaban J connectivity index is 2.68. The van der Waals surface area contributed by atoms with E-state index in [9.17, 15) is 0 Å². The molecule has 2 heteroatoms. The smallest absolute Gasteiger partial charge is 0.0331 e. The van der Waals surface area contributed by atoms with Gasteiger partial charge in [0.25, 0.3) is 0 Å². The molecule has 1 aliphatic carbocycles. The highest BCUT2D eigenvalue weighted by molar-refractivity contribution is 4.93. The van der Waals surface area contributed by atoms with Crippen molar-refractivity contribution in [1.82, 2.24) is 4.90 Å². The zero-order valence-electron chi connectivity index (χ0n) is 12.9. The van der Waals surface area contributed by atoms with E-state index in [0.717, 1.165) is 19.0 Å². The molecule has 0 bridgehead atoms. The van der Waals surface area contributed by atoms with Crippen LogP contribution in [-0.4, -0.2) is 30.1 Å². The third kappa shape index (κ3) is 3.96. The third-order valence-corrected chi connectivity index (χ3v) is 4.90. The summed E-state index contributed by atoms with van der Waals surface area (Å²) in [6.07, 6.45) is 10.8. The van der Waals surface area contributed by atoms with Gasteiger partial charge in [0.15, 0.2) is 0 Å². The largest absolute Gasteiger partial charge is 0.329 e. The fourth-order valence-electron chi connectivity index (χ4n) is 3.81. The zero-order chi connectivity index (χ0) is 13.4. The van der Waals surface area contributed by atoms with Gasteiger partial charge in [0.2, 0.25) is 0 Å². The molecule has 1 fully saturated rings. The van der Waals surface area contributed by atoms with Crippen molar-refractivity contribution in [2.24, 2.45) is 11.7 Å². The van der Waals surface area contributed by atoms with Gasteiger partial charge in [-0.1, -0.05) is 46.5 Å². The summed E-state index contributed by atoms with van der Waals surface area (Å²) in [6.45, 7) is 10.1. The summed E-state index contributed by atoms with van der Waals surface area (Å²) in [5, 5.41) is 0. The molecule has 1 aliphatic rings. The highest BCUT2D eigenvalue weighted by Gasteiger charge is 2.36. The van der Waals surface area contributed by atoms with Gasteiger partial charge in [0.1, 0.15) is 0 Å². The van der Waals surface area contributed by atoms with Crippen LogP contribution in [0, 0.1) is 5.92 Å². The van der Waals surface area contributed by atoms with Crippen LogP contribution in [0.15, 0.2) is 0 Å². The summed E-state index contributed by atoms with van der Waals surface area (Å²) in [5.41, 5.74) is 6.50. The summed E-state index contributed by atoms with van der Waals surface area (Å²) >= 11 is 0. The molecule has 1 rings (SSSR count). The van der Waals surface area contributed by atoms with E-state index in [-0.39, 0.29) is 0 Å². The minimum Gasteiger partial charge on any atom is -0.329 e. The van der Waals surface area contributed by atoms with Crippen molar-refractivity contribution in [1.29, 1.82) is 0 Å². The van der Waals surface area contributed by atoms with Gasteiger partial charge in [0, 0.05) is 12.1 Å². The molecule has 2 unspecified atom stereocenters. The molecule has 0 saturated heterocycles. The van der Waals surface area contributed by atoms with Crippen molar-refractivity contribution in [2.75, 3.05) is 19.6 Å². The van der Waals surface area contributed by atoms with E-state index in [1.165, 1.54) is 57.9 Å². The van der Waals surface area contributed by atoms with Crippen molar-refractivity contribution in [3.8, 4) is 0 Å². The lowest BCUT2D eigenvalue weighted by atomic mass is 9.87. The number of nitrogens with two attached hydrogens (primary N) is 1. The lowest BCUT2D eigenvalue weighted by Gasteiger charge is -2.43. The molecule has 2 atom stereocenters. The molecule has 0 aromatic carbocycles. The van der Waals surface area contributed by atoms with Crippen molar-refractivity contribution >= 4 is 0 Å². The fraction of sp³-hybridized carbons (Fsp3) is 1.00. The van der Waals surface area contributed by atoms with Crippen LogP contribution in [0.5, 0.6) is 0 Å². The maximum Gasteiger partial charge on any atom is 0.0331 e. The van der Waals surface area contributed by atoms with Crippen LogP contribution in [-0.2, 0) is 0 Å². The summed E-state index contributed by atoms with van der Waals surface area (Å²) in [6, 6.07) is 0. The molecule has 2 nitrogen and oxygen atoms in total. The minimum atomic E-state index is 0.313. The van der Waals surface area contributed by atoms with Crippen molar-refractivity contribution in [2.45, 2.75) is 77.7 Å². The standard InChI is InChI=1S/C16H34N2/c1-4-8-15-9-7-11-16(14-17,12-10-15)18(6-3)13-5-2/h15H,4-14,17H2,1-3H3. The molecule has 0 aromatic heterocycles. The van der Waals surface area contributed by atoms with Crippen LogP contribution in [0.2, 0.25) is 0 Å². The fourth-order valence-corrected chi connectivity index (χ4v) is 3.81. The normalized spacial score (nSPS) is 29.5. The van der Waals surface area contributed by atoms with E-state index in [1.807, 2.05) is 0 Å². The average molecular weight is 254 g/mol. The van der Waals surface area contributed by atoms with Gasteiger partial charge in [-0.15, -0.1) is 0 Å². The highest BCUT2D eigenvalue weighted by Crippen LogP contribution is 2.35. The lowest BCUT2D eigenvalue weighted by Crippen LogP contribution is -2.53. The first kappa shape index (κ1) is 16.0. The van der Waals surface area contributed by atoms with Crippen LogP contribution < -0.4 is 5.73 Å². The quantitative estimate of drug-likeness (QED) is 0.700. The second-order valence-corrected chi connectivity index (χ2v) is 6.09. The molecule has 2 N–H and O–H groups in total. The molecule has 0 aliphatic heterocycles. The van der Waals surface area contributed by atoms with Crippen LogP contribution in [0.25, 0.3) is 0 Å². The van der Waals surface area contributed by atoms with Gasteiger partial charge in [-0.2, -0.15) is 0 Å². The molecule has 0 heterocycles. The minimum absolute atomic E-state index is 0.313. The predicted molar refractivity (Wildman–Crippen MR) is 80.8 cm³/mol. The topological polar surface area (TPSA) is 29.3 Å². The highest BCUT2D eigenvalue weighted by atomic mass is 15.2. The average Bonchev–Trinajstić information content (AvgIpc) is 2.60. The molecule has 0 amide bonds. The van der Waals surface area contributed by atoms with E-state index in [0.29, 0.717) is 5.54 Å². The van der Waals surface area contributed by atoms with Crippen LogP contribution in [0.1, 0.15) is 72.1 Å². The molecule has 0 spiro atoms. The third-order valence-electron chi connectivity index (χ3n) is 4.90. The summed E-state index contributed by atoms with van der Waals surface area (Å²) in [7, 11) is 0. The summed E-state index contributed by atoms with van der Waals surface area (Å²) < 4.78 is 0. The molecule has 18 heavy (non-hydrogen) atoms. The second kappa shape index (κ2) is 8.16. The van der Waals surface area contributed by atoms with Gasteiger partial charge < -0.3 is 5.73 Å².